The van der Waals surface area contributed by atoms with Crippen LogP contribution in [0, 0.1) is 6.92 Å². The molecule has 0 fully saturated rings. The van der Waals surface area contributed by atoms with E-state index in [2.05, 4.69) is 40.3 Å². The van der Waals surface area contributed by atoms with Crippen molar-refractivity contribution in [3.8, 4) is 11.5 Å². The molecule has 0 radical (unpaired) electrons. The van der Waals surface area contributed by atoms with Crippen molar-refractivity contribution in [2.24, 2.45) is 0 Å². The summed E-state index contributed by atoms with van der Waals surface area (Å²) >= 11 is 0. The third kappa shape index (κ3) is 4.62. The molecule has 0 saturated carbocycles. The Kier molecular flexibility index (Phi) is 6.37. The van der Waals surface area contributed by atoms with Crippen LogP contribution < -0.4 is 19.7 Å². The van der Waals surface area contributed by atoms with Crippen LogP contribution in [0.5, 0.6) is 11.5 Å². The van der Waals surface area contributed by atoms with Crippen LogP contribution in [-0.2, 0) is 13.0 Å². The lowest BCUT2D eigenvalue weighted by molar-refractivity contribution is 0.353. The van der Waals surface area contributed by atoms with Gasteiger partial charge >= 0.3 is 0 Å². The van der Waals surface area contributed by atoms with Gasteiger partial charge in [-0.05, 0) is 43.0 Å². The molecule has 0 spiro atoms. The molecule has 1 N–H and O–H groups in total. The zero-order chi connectivity index (χ0) is 19.2. The van der Waals surface area contributed by atoms with E-state index in [0.717, 1.165) is 61.4 Å². The maximum absolute atomic E-state index is 5.47. The number of rotatable bonds is 8. The fourth-order valence-corrected chi connectivity index (χ4v) is 3.45. The molecule has 2 aromatic rings. The van der Waals surface area contributed by atoms with Gasteiger partial charge < -0.3 is 19.7 Å². The van der Waals surface area contributed by atoms with Crippen molar-refractivity contribution in [1.29, 1.82) is 0 Å². The van der Waals surface area contributed by atoms with Gasteiger partial charge in [0.05, 0.1) is 14.2 Å². The molecule has 1 aromatic heterocycles. The molecule has 1 aliphatic rings. The van der Waals surface area contributed by atoms with Gasteiger partial charge in [0.25, 0.3) is 0 Å². The number of unbranched alkanes of at least 4 members (excludes halogenated alkanes) is 2. The Morgan fingerprint density at radius 2 is 1.78 bits per heavy atom. The maximum Gasteiger partial charge on any atom is 0.224 e. The van der Waals surface area contributed by atoms with Crippen molar-refractivity contribution >= 4 is 11.8 Å². The number of aryl methyl sites for hydroxylation is 1. The van der Waals surface area contributed by atoms with Gasteiger partial charge in [-0.2, -0.15) is 4.98 Å². The molecule has 1 aromatic carbocycles. The minimum Gasteiger partial charge on any atom is -0.493 e. The Hall–Kier alpha value is -2.50. The minimum absolute atomic E-state index is 0.721. The van der Waals surface area contributed by atoms with Crippen molar-refractivity contribution in [3.05, 3.63) is 35.0 Å². The van der Waals surface area contributed by atoms with Gasteiger partial charge in [0.1, 0.15) is 5.82 Å². The number of hydrogen-bond donors (Lipinski definition) is 1. The molecule has 1 aliphatic heterocycles. The zero-order valence-corrected chi connectivity index (χ0v) is 16.8. The lowest BCUT2D eigenvalue weighted by Crippen LogP contribution is -2.31. The second-order valence-corrected chi connectivity index (χ2v) is 6.97. The molecule has 2 heterocycles. The zero-order valence-electron chi connectivity index (χ0n) is 16.8. The summed E-state index contributed by atoms with van der Waals surface area (Å²) in [6.07, 6.45) is 4.53. The molecular formula is C21H30N4O2. The number of nitrogens with zero attached hydrogens (tertiary/aromatic N) is 3. The standard InChI is InChI=1S/C21H30N4O2/c1-5-6-7-9-22-21-23-15(2)11-20(24-21)25-10-8-16-12-18(26-3)19(27-4)13-17(16)14-25/h11-13H,5-10,14H2,1-4H3,(H,22,23,24). The van der Waals surface area contributed by atoms with Crippen LogP contribution in [0.1, 0.15) is 43.0 Å². The van der Waals surface area contributed by atoms with Gasteiger partial charge in [-0.25, -0.2) is 4.98 Å². The SMILES string of the molecule is CCCCCNc1nc(C)cc(N2CCc3cc(OC)c(OC)cc3C2)n1. The first-order chi connectivity index (χ1) is 13.1. The van der Waals surface area contributed by atoms with Crippen LogP contribution in [0.15, 0.2) is 18.2 Å². The summed E-state index contributed by atoms with van der Waals surface area (Å²) < 4.78 is 10.9. The van der Waals surface area contributed by atoms with Crippen LogP contribution in [0.4, 0.5) is 11.8 Å². The Morgan fingerprint density at radius 1 is 1.04 bits per heavy atom. The molecule has 0 saturated heterocycles. The van der Waals surface area contributed by atoms with E-state index in [1.165, 1.54) is 24.0 Å². The fraction of sp³-hybridized carbons (Fsp3) is 0.524. The first kappa shape index (κ1) is 19.3. The van der Waals surface area contributed by atoms with Crippen molar-refractivity contribution in [1.82, 2.24) is 9.97 Å². The van der Waals surface area contributed by atoms with Crippen molar-refractivity contribution < 1.29 is 9.47 Å². The van der Waals surface area contributed by atoms with E-state index < -0.39 is 0 Å². The molecule has 0 bridgehead atoms. The van der Waals surface area contributed by atoms with E-state index >= 15 is 0 Å². The van der Waals surface area contributed by atoms with Gasteiger partial charge in [-0.3, -0.25) is 0 Å². The Balaban J connectivity index is 1.77. The molecule has 3 rings (SSSR count). The van der Waals surface area contributed by atoms with Crippen LogP contribution in [0.25, 0.3) is 0 Å². The highest BCUT2D eigenvalue weighted by Gasteiger charge is 2.21. The average Bonchev–Trinajstić information content (AvgIpc) is 2.69. The van der Waals surface area contributed by atoms with Crippen molar-refractivity contribution in [2.75, 3.05) is 37.5 Å². The molecule has 0 aliphatic carbocycles. The summed E-state index contributed by atoms with van der Waals surface area (Å²) in [6.45, 7) is 6.88. The lowest BCUT2D eigenvalue weighted by Gasteiger charge is -2.30. The van der Waals surface area contributed by atoms with Gasteiger partial charge in [0, 0.05) is 31.4 Å². The van der Waals surface area contributed by atoms with Crippen molar-refractivity contribution in [2.45, 2.75) is 46.1 Å². The normalized spacial score (nSPS) is 13.3. The van der Waals surface area contributed by atoms with Crippen LogP contribution in [-0.4, -0.2) is 37.3 Å². The van der Waals surface area contributed by atoms with E-state index in [4.69, 9.17) is 14.5 Å². The largest absolute Gasteiger partial charge is 0.493 e. The highest BCUT2D eigenvalue weighted by Crippen LogP contribution is 2.34. The van der Waals surface area contributed by atoms with Crippen LogP contribution in [0.2, 0.25) is 0 Å². The fourth-order valence-electron chi connectivity index (χ4n) is 3.45. The first-order valence-corrected chi connectivity index (χ1v) is 9.73. The molecular weight excluding hydrogens is 340 g/mol. The highest BCUT2D eigenvalue weighted by atomic mass is 16.5. The minimum atomic E-state index is 0.721. The quantitative estimate of drug-likeness (QED) is 0.710. The molecule has 0 unspecified atom stereocenters. The third-order valence-electron chi connectivity index (χ3n) is 4.95. The van der Waals surface area contributed by atoms with E-state index in [9.17, 15) is 0 Å². The van der Waals surface area contributed by atoms with Gasteiger partial charge in [-0.1, -0.05) is 19.8 Å². The Morgan fingerprint density at radius 3 is 2.48 bits per heavy atom. The Bertz CT molecular complexity index is 779. The van der Waals surface area contributed by atoms with E-state index in [0.29, 0.717) is 0 Å². The molecule has 146 valence electrons. The summed E-state index contributed by atoms with van der Waals surface area (Å²) in [5.41, 5.74) is 3.55. The summed E-state index contributed by atoms with van der Waals surface area (Å²) in [5.74, 6) is 3.26. The summed E-state index contributed by atoms with van der Waals surface area (Å²) in [7, 11) is 3.35. The second-order valence-electron chi connectivity index (χ2n) is 6.97. The Labute approximate surface area is 161 Å². The number of hydrogen-bond acceptors (Lipinski definition) is 6. The number of anilines is 2. The van der Waals surface area contributed by atoms with E-state index in [1.807, 2.05) is 6.92 Å². The van der Waals surface area contributed by atoms with Gasteiger partial charge in [0.2, 0.25) is 5.95 Å². The van der Waals surface area contributed by atoms with Gasteiger partial charge in [0.15, 0.2) is 11.5 Å². The second kappa shape index (κ2) is 8.93. The highest BCUT2D eigenvalue weighted by molar-refractivity contribution is 5.53. The predicted octanol–water partition coefficient (Wildman–Crippen LogP) is 3.97. The number of nitrogens with one attached hydrogen (secondary N) is 1. The molecule has 0 atom stereocenters. The lowest BCUT2D eigenvalue weighted by atomic mass is 9.99. The first-order valence-electron chi connectivity index (χ1n) is 9.73. The predicted molar refractivity (Wildman–Crippen MR) is 109 cm³/mol. The molecule has 27 heavy (non-hydrogen) atoms. The van der Waals surface area contributed by atoms with E-state index in [1.54, 1.807) is 14.2 Å². The summed E-state index contributed by atoms with van der Waals surface area (Å²) in [5, 5.41) is 3.37. The van der Waals surface area contributed by atoms with Crippen LogP contribution >= 0.6 is 0 Å². The average molecular weight is 370 g/mol. The third-order valence-corrected chi connectivity index (χ3v) is 4.95. The number of fused-ring (bicyclic) bond motifs is 1. The number of aromatic nitrogens is 2. The maximum atomic E-state index is 5.47. The molecule has 0 amide bonds. The number of ether oxygens (including phenoxy) is 2. The molecule has 6 nitrogen and oxygen atoms in total. The summed E-state index contributed by atoms with van der Waals surface area (Å²) in [6, 6.07) is 6.23. The van der Waals surface area contributed by atoms with Gasteiger partial charge in [-0.15, -0.1) is 0 Å². The van der Waals surface area contributed by atoms with Crippen molar-refractivity contribution in [3.63, 3.8) is 0 Å². The van der Waals surface area contributed by atoms with E-state index in [-0.39, 0.29) is 0 Å². The molecule has 6 heteroatoms. The smallest absolute Gasteiger partial charge is 0.224 e. The summed E-state index contributed by atoms with van der Waals surface area (Å²) in [4.78, 5) is 11.6. The number of methoxy groups -OCH3 is 2. The topological polar surface area (TPSA) is 59.5 Å². The monoisotopic (exact) mass is 370 g/mol. The number of benzene rings is 1. The van der Waals surface area contributed by atoms with Crippen LogP contribution in [0.3, 0.4) is 0 Å².